The summed E-state index contributed by atoms with van der Waals surface area (Å²) in [5.41, 5.74) is 0.169. The maximum absolute atomic E-state index is 12.5. The van der Waals surface area contributed by atoms with Gasteiger partial charge in [0.1, 0.15) is 0 Å². The molecule has 0 aliphatic rings. The molecule has 0 radical (unpaired) electrons. The van der Waals surface area contributed by atoms with E-state index in [1.807, 2.05) is 0 Å². The van der Waals surface area contributed by atoms with E-state index in [0.717, 1.165) is 19.3 Å². The molecule has 0 N–H and O–H groups in total. The molecule has 230 valence electrons. The maximum Gasteiger partial charge on any atom is 1.00 e. The molecule has 0 amide bonds. The van der Waals surface area contributed by atoms with Crippen LogP contribution in [0.3, 0.4) is 0 Å². The summed E-state index contributed by atoms with van der Waals surface area (Å²) in [6.45, 7) is 3.59. The van der Waals surface area contributed by atoms with Gasteiger partial charge in [0.15, 0.2) is 0 Å². The normalized spacial score (nSPS) is 12.0. The average molecular weight is 605 g/mol. The van der Waals surface area contributed by atoms with Crippen LogP contribution in [0.25, 0.3) is 0 Å². The number of hydrogen-bond acceptors (Lipinski definition) is 7. The number of rotatable bonds is 25. The molecule has 0 saturated heterocycles. The van der Waals surface area contributed by atoms with Gasteiger partial charge >= 0.3 is 41.5 Å². The van der Waals surface area contributed by atoms with Gasteiger partial charge in [-0.25, -0.2) is 18.0 Å². The molecule has 1 rings (SSSR count). The first kappa shape index (κ1) is 40.1. The molecule has 9 heteroatoms. The van der Waals surface area contributed by atoms with Crippen molar-refractivity contribution in [3.8, 4) is 0 Å². The number of ether oxygens (including phenoxy) is 2. The summed E-state index contributed by atoms with van der Waals surface area (Å²) in [7, 11) is -4.43. The van der Waals surface area contributed by atoms with E-state index >= 15 is 0 Å². The summed E-state index contributed by atoms with van der Waals surface area (Å²) >= 11 is 0. The van der Waals surface area contributed by atoms with E-state index in [4.69, 9.17) is 9.47 Å². The second-order valence-corrected chi connectivity index (χ2v) is 12.7. The van der Waals surface area contributed by atoms with Crippen molar-refractivity contribution in [3.05, 3.63) is 35.4 Å². The van der Waals surface area contributed by atoms with Gasteiger partial charge in [0.2, 0.25) is 0 Å². The van der Waals surface area contributed by atoms with E-state index < -0.39 is 27.3 Å². The summed E-state index contributed by atoms with van der Waals surface area (Å²) < 4.78 is 43.4. The molecule has 0 heterocycles. The molecule has 41 heavy (non-hydrogen) atoms. The molecule has 0 bridgehead atoms. The van der Waals surface area contributed by atoms with E-state index in [0.29, 0.717) is 6.61 Å². The van der Waals surface area contributed by atoms with Crippen LogP contribution in [0, 0.1) is 0 Å². The monoisotopic (exact) mass is 604 g/mol. The molecule has 0 saturated carbocycles. The summed E-state index contributed by atoms with van der Waals surface area (Å²) in [4.78, 5) is 24.9. The minimum atomic E-state index is -4.43. The largest absolute Gasteiger partial charge is 1.00 e. The van der Waals surface area contributed by atoms with Gasteiger partial charge in [0.05, 0.1) is 34.5 Å². The van der Waals surface area contributed by atoms with Crippen LogP contribution in [0.5, 0.6) is 0 Å². The van der Waals surface area contributed by atoms with E-state index in [1.54, 1.807) is 12.1 Å². The van der Waals surface area contributed by atoms with Gasteiger partial charge < -0.3 is 14.0 Å². The zero-order valence-electron chi connectivity index (χ0n) is 26.0. The number of unbranched alkanes of at least 4 members (excludes halogenated alkanes) is 17. The van der Waals surface area contributed by atoms with Crippen molar-refractivity contribution in [2.24, 2.45) is 0 Å². The fourth-order valence-corrected chi connectivity index (χ4v) is 5.01. The zero-order valence-corrected chi connectivity index (χ0v) is 28.8. The molecular weight excluding hydrogens is 551 g/mol. The third-order valence-corrected chi connectivity index (χ3v) is 8.57. The second-order valence-electron chi connectivity index (χ2n) is 10.9. The topological polar surface area (TPSA) is 110 Å². The molecule has 1 atom stereocenters. The van der Waals surface area contributed by atoms with Crippen LogP contribution in [-0.2, 0) is 19.6 Å². The third-order valence-electron chi connectivity index (χ3n) is 7.35. The molecule has 1 aromatic rings. The molecule has 0 spiro atoms. The average Bonchev–Trinajstić information content (AvgIpc) is 2.93. The van der Waals surface area contributed by atoms with Gasteiger partial charge in [0.25, 0.3) is 0 Å². The first-order valence-electron chi connectivity index (χ1n) is 15.6. The Labute approximate surface area is 272 Å². The number of esters is 2. The Morgan fingerprint density at radius 2 is 1.00 bits per heavy atom. The summed E-state index contributed by atoms with van der Waals surface area (Å²) in [6, 6.07) is 6.20. The summed E-state index contributed by atoms with van der Waals surface area (Å²) in [5, 5.41) is -1.16. The van der Waals surface area contributed by atoms with Gasteiger partial charge in [-0.2, -0.15) is 0 Å². The van der Waals surface area contributed by atoms with Crippen LogP contribution >= 0.6 is 0 Å². The van der Waals surface area contributed by atoms with Gasteiger partial charge in [-0.3, -0.25) is 0 Å². The van der Waals surface area contributed by atoms with Crippen molar-refractivity contribution >= 4 is 22.1 Å². The Kier molecular flexibility index (Phi) is 25.0. The van der Waals surface area contributed by atoms with Crippen molar-refractivity contribution in [2.45, 2.75) is 141 Å². The van der Waals surface area contributed by atoms with E-state index in [1.165, 1.54) is 115 Å². The number of benzene rings is 1. The quantitative estimate of drug-likeness (QED) is 0.0639. The van der Waals surface area contributed by atoms with Crippen LogP contribution < -0.4 is 29.6 Å². The van der Waals surface area contributed by atoms with Crippen molar-refractivity contribution in [2.75, 3.05) is 13.2 Å². The van der Waals surface area contributed by atoms with E-state index in [2.05, 4.69) is 6.92 Å². The van der Waals surface area contributed by atoms with Gasteiger partial charge in [-0.1, -0.05) is 128 Å². The van der Waals surface area contributed by atoms with E-state index in [9.17, 15) is 22.6 Å². The first-order valence-corrected chi connectivity index (χ1v) is 17.1. The van der Waals surface area contributed by atoms with Crippen molar-refractivity contribution in [1.29, 1.82) is 0 Å². The molecule has 7 nitrogen and oxygen atoms in total. The Hall–Kier alpha value is -0.930. The molecule has 0 fully saturated rings. The fraction of sp³-hybridized carbons (Fsp3) is 0.750. The molecule has 0 aliphatic carbocycles. The first-order chi connectivity index (χ1) is 19.3. The summed E-state index contributed by atoms with van der Waals surface area (Å²) in [5.74, 6) is -1.34. The Bertz CT molecular complexity index is 920. The SMILES string of the molecule is CCCCCCCCCCCCCCCCCCCCOC(=O)c1ccccc1C(=O)OCCC(C)S(=O)(=O)[O-].[Na+]. The number of carbonyl (C=O) groups is 2. The molecule has 1 aromatic carbocycles. The third kappa shape index (κ3) is 20.6. The van der Waals surface area contributed by atoms with Crippen LogP contribution in [0.1, 0.15) is 157 Å². The summed E-state index contributed by atoms with van der Waals surface area (Å²) in [6.07, 6.45) is 23.1. The van der Waals surface area contributed by atoms with Crippen molar-refractivity contribution in [3.63, 3.8) is 0 Å². The van der Waals surface area contributed by atoms with Crippen molar-refractivity contribution in [1.82, 2.24) is 0 Å². The van der Waals surface area contributed by atoms with Crippen LogP contribution in [0.4, 0.5) is 0 Å². The van der Waals surface area contributed by atoms with Crippen LogP contribution in [-0.4, -0.2) is 43.4 Å². The molecule has 0 aromatic heterocycles. The Balaban J connectivity index is 0.0000160. The van der Waals surface area contributed by atoms with Crippen molar-refractivity contribution < 1.29 is 61.6 Å². The standard InChI is InChI=1S/C32H54O7S.Na/c1-3-4-5-6-7-8-9-10-11-12-13-14-15-16-17-18-19-22-26-38-31(33)29-23-20-21-24-30(29)32(34)39-27-25-28(2)40(35,36)37;/h20-21,23-24,28H,3-19,22,25-27H2,1-2H3,(H,35,36,37);/q;+1/p-1. The van der Waals surface area contributed by atoms with Gasteiger partial charge in [-0.15, -0.1) is 0 Å². The molecular formula is C32H53NaO7S. The fourth-order valence-electron chi connectivity index (χ4n) is 4.63. The minimum Gasteiger partial charge on any atom is -0.748 e. The Morgan fingerprint density at radius 3 is 1.37 bits per heavy atom. The Morgan fingerprint density at radius 1 is 0.659 bits per heavy atom. The molecule has 0 aliphatic heterocycles. The predicted octanol–water partition coefficient (Wildman–Crippen LogP) is 5.37. The second kappa shape index (κ2) is 25.6. The smallest absolute Gasteiger partial charge is 0.748 e. The number of carbonyl (C=O) groups excluding carboxylic acids is 2. The predicted molar refractivity (Wildman–Crippen MR) is 160 cm³/mol. The molecule has 1 unspecified atom stereocenters. The van der Waals surface area contributed by atoms with Crippen LogP contribution in [0.2, 0.25) is 0 Å². The van der Waals surface area contributed by atoms with Gasteiger partial charge in [0, 0.05) is 5.25 Å². The van der Waals surface area contributed by atoms with Crippen LogP contribution in [0.15, 0.2) is 24.3 Å². The minimum absolute atomic E-state index is 0. The number of hydrogen-bond donors (Lipinski definition) is 0. The maximum atomic E-state index is 12.5. The van der Waals surface area contributed by atoms with Gasteiger partial charge in [-0.05, 0) is 31.9 Å². The zero-order chi connectivity index (χ0) is 29.5. The van der Waals surface area contributed by atoms with E-state index in [-0.39, 0.29) is 53.7 Å².